The Morgan fingerprint density at radius 2 is 1.50 bits per heavy atom. The first-order chi connectivity index (χ1) is 13.1. The highest BCUT2D eigenvalue weighted by molar-refractivity contribution is 7.91. The molecule has 1 aromatic carbocycles. The molecule has 0 unspecified atom stereocenters. The summed E-state index contributed by atoms with van der Waals surface area (Å²) in [5.41, 5.74) is 0.147. The number of hydrogen-bond donors (Lipinski definition) is 0. The van der Waals surface area contributed by atoms with E-state index < -0.39 is 36.6 Å². The zero-order chi connectivity index (χ0) is 21.1. The zero-order valence-electron chi connectivity index (χ0n) is 15.6. The average Bonchev–Trinajstić information content (AvgIpc) is 2.68. The van der Waals surface area contributed by atoms with Crippen molar-refractivity contribution in [2.45, 2.75) is 24.5 Å². The third kappa shape index (κ3) is 4.50. The molecule has 1 fully saturated rings. The van der Waals surface area contributed by atoms with Crippen molar-refractivity contribution in [1.29, 1.82) is 0 Å². The molecule has 0 aromatic heterocycles. The number of carbonyl (C=O) groups excluding carboxylic acids is 1. The lowest BCUT2D eigenvalue weighted by molar-refractivity contribution is 0.0694. The van der Waals surface area contributed by atoms with Gasteiger partial charge >= 0.3 is 5.76 Å². The Bertz CT molecular complexity index is 893. The molecule has 1 saturated heterocycles. The second-order valence-electron chi connectivity index (χ2n) is 6.11. The van der Waals surface area contributed by atoms with Crippen LogP contribution in [0.25, 0.3) is 0 Å². The highest BCUT2D eigenvalue weighted by Gasteiger charge is 2.32. The van der Waals surface area contributed by atoms with Crippen LogP contribution in [0, 0.1) is 0 Å². The third-order valence-corrected chi connectivity index (χ3v) is 8.13. The van der Waals surface area contributed by atoms with E-state index in [0.29, 0.717) is 13.1 Å². The van der Waals surface area contributed by atoms with Crippen molar-refractivity contribution in [1.82, 2.24) is 13.5 Å². The van der Waals surface area contributed by atoms with Crippen molar-refractivity contribution in [3.8, 4) is 0 Å². The van der Waals surface area contributed by atoms with Gasteiger partial charge in [-0.05, 0) is 24.3 Å². The second-order valence-corrected chi connectivity index (χ2v) is 9.96. The van der Waals surface area contributed by atoms with Crippen LogP contribution in [0.3, 0.4) is 0 Å². The van der Waals surface area contributed by atoms with Crippen LogP contribution in [-0.4, -0.2) is 81.3 Å². The van der Waals surface area contributed by atoms with E-state index in [2.05, 4.69) is 0 Å². The van der Waals surface area contributed by atoms with Crippen LogP contribution >= 0.6 is 0 Å². The van der Waals surface area contributed by atoms with Crippen LogP contribution in [0.1, 0.15) is 24.2 Å². The Kier molecular flexibility index (Phi) is 7.12. The lowest BCUT2D eigenvalue weighted by atomic mass is 10.2. The van der Waals surface area contributed by atoms with E-state index in [4.69, 9.17) is 0 Å². The van der Waals surface area contributed by atoms with Gasteiger partial charge in [-0.2, -0.15) is 25.8 Å². The molecule has 158 valence electrons. The molecule has 28 heavy (non-hydrogen) atoms. The van der Waals surface area contributed by atoms with Crippen LogP contribution in [0.4, 0.5) is 8.78 Å². The van der Waals surface area contributed by atoms with Crippen LogP contribution in [0.15, 0.2) is 29.2 Å². The predicted octanol–water partition coefficient (Wildman–Crippen LogP) is 1.03. The summed E-state index contributed by atoms with van der Waals surface area (Å²) in [6.45, 7) is 4.84. The number of sulfone groups is 1. The number of carbonyl (C=O) groups is 1. The van der Waals surface area contributed by atoms with E-state index in [9.17, 15) is 30.4 Å². The van der Waals surface area contributed by atoms with Gasteiger partial charge in [0.05, 0.1) is 4.90 Å². The van der Waals surface area contributed by atoms with Gasteiger partial charge in [0.15, 0.2) is 0 Å². The molecule has 0 saturated carbocycles. The minimum absolute atomic E-state index is 0.141. The molecule has 0 radical (unpaired) electrons. The van der Waals surface area contributed by atoms with Gasteiger partial charge in [0.25, 0.3) is 16.1 Å². The molecule has 1 aliphatic rings. The maximum atomic E-state index is 12.6. The lowest BCUT2D eigenvalue weighted by Crippen LogP contribution is -2.54. The normalized spacial score (nSPS) is 16.7. The number of benzene rings is 1. The Labute approximate surface area is 163 Å². The van der Waals surface area contributed by atoms with Crippen LogP contribution in [0.5, 0.6) is 0 Å². The Balaban J connectivity index is 2.06. The fraction of sp³-hybridized carbons (Fsp3) is 0.562. The SMILES string of the molecule is CCN(CC)S(=O)(=O)N1CCN(C(=O)c2ccc(S(=O)(=O)C(F)F)cc2)CC1. The molecule has 1 aromatic rings. The van der Waals surface area contributed by atoms with Gasteiger partial charge in [-0.15, -0.1) is 0 Å². The lowest BCUT2D eigenvalue weighted by Gasteiger charge is -2.36. The molecule has 1 aliphatic heterocycles. The smallest absolute Gasteiger partial charge is 0.336 e. The summed E-state index contributed by atoms with van der Waals surface area (Å²) in [5.74, 6) is -3.95. The summed E-state index contributed by atoms with van der Waals surface area (Å²) < 4.78 is 75.7. The summed E-state index contributed by atoms with van der Waals surface area (Å²) >= 11 is 0. The number of hydrogen-bond acceptors (Lipinski definition) is 5. The van der Waals surface area contributed by atoms with E-state index in [0.717, 1.165) is 12.1 Å². The van der Waals surface area contributed by atoms with Crippen molar-refractivity contribution in [3.05, 3.63) is 29.8 Å². The number of piperazine rings is 1. The zero-order valence-corrected chi connectivity index (χ0v) is 17.2. The maximum absolute atomic E-state index is 12.6. The number of halogens is 2. The first kappa shape index (κ1) is 22.7. The molecule has 12 heteroatoms. The Hall–Kier alpha value is -1.63. The minimum atomic E-state index is -4.72. The van der Waals surface area contributed by atoms with Gasteiger partial charge in [-0.25, -0.2) is 8.42 Å². The Morgan fingerprint density at radius 3 is 1.93 bits per heavy atom. The van der Waals surface area contributed by atoms with Gasteiger partial charge in [0.2, 0.25) is 9.84 Å². The topological polar surface area (TPSA) is 95.1 Å². The highest BCUT2D eigenvalue weighted by Crippen LogP contribution is 2.20. The van der Waals surface area contributed by atoms with Crippen molar-refractivity contribution < 1.29 is 30.4 Å². The molecule has 1 heterocycles. The molecule has 0 atom stereocenters. The molecule has 8 nitrogen and oxygen atoms in total. The quantitative estimate of drug-likeness (QED) is 0.632. The molecule has 0 N–H and O–H groups in total. The number of amides is 1. The molecule has 2 rings (SSSR count). The summed E-state index contributed by atoms with van der Waals surface area (Å²) in [6, 6.07) is 4.29. The van der Waals surface area contributed by atoms with Crippen molar-refractivity contribution >= 4 is 26.0 Å². The van der Waals surface area contributed by atoms with Gasteiger partial charge in [-0.1, -0.05) is 13.8 Å². The van der Waals surface area contributed by atoms with E-state index in [1.807, 2.05) is 0 Å². The molecule has 0 bridgehead atoms. The second kappa shape index (κ2) is 8.80. The van der Waals surface area contributed by atoms with Gasteiger partial charge < -0.3 is 4.90 Å². The van der Waals surface area contributed by atoms with Gasteiger partial charge in [0.1, 0.15) is 0 Å². The Morgan fingerprint density at radius 1 is 1.00 bits per heavy atom. The van der Waals surface area contributed by atoms with Crippen molar-refractivity contribution in [3.63, 3.8) is 0 Å². The molecule has 0 spiro atoms. The van der Waals surface area contributed by atoms with Gasteiger partial charge in [-0.3, -0.25) is 4.79 Å². The molecular weight excluding hydrogens is 416 g/mol. The fourth-order valence-electron chi connectivity index (χ4n) is 2.91. The summed E-state index contributed by atoms with van der Waals surface area (Å²) in [4.78, 5) is 13.4. The number of nitrogens with zero attached hydrogens (tertiary/aromatic N) is 3. The van der Waals surface area contributed by atoms with E-state index in [1.165, 1.54) is 25.6 Å². The van der Waals surface area contributed by atoms with E-state index >= 15 is 0 Å². The predicted molar refractivity (Wildman–Crippen MR) is 98.9 cm³/mol. The average molecular weight is 440 g/mol. The fourth-order valence-corrected chi connectivity index (χ4v) is 5.23. The maximum Gasteiger partial charge on any atom is 0.341 e. The first-order valence-electron chi connectivity index (χ1n) is 8.72. The van der Waals surface area contributed by atoms with Crippen molar-refractivity contribution in [2.24, 2.45) is 0 Å². The molecular formula is C16H23F2N3O5S2. The molecule has 1 amide bonds. The standard InChI is InChI=1S/C16H23F2N3O5S2/c1-3-20(4-2)28(25,26)21-11-9-19(10-12-21)15(22)13-5-7-14(8-6-13)27(23,24)16(17)18/h5-8,16H,3-4,9-12H2,1-2H3. The summed E-state index contributed by atoms with van der Waals surface area (Å²) in [6.07, 6.45) is 0. The van der Waals surface area contributed by atoms with Crippen LogP contribution in [0.2, 0.25) is 0 Å². The first-order valence-corrected chi connectivity index (χ1v) is 11.7. The highest BCUT2D eigenvalue weighted by atomic mass is 32.2. The molecule has 0 aliphatic carbocycles. The van der Waals surface area contributed by atoms with Gasteiger partial charge in [0, 0.05) is 44.8 Å². The van der Waals surface area contributed by atoms with E-state index in [-0.39, 0.29) is 31.7 Å². The van der Waals surface area contributed by atoms with Crippen molar-refractivity contribution in [2.75, 3.05) is 39.3 Å². The monoisotopic (exact) mass is 439 g/mol. The number of alkyl halides is 2. The number of rotatable bonds is 7. The largest absolute Gasteiger partial charge is 0.341 e. The summed E-state index contributed by atoms with van der Waals surface area (Å²) in [7, 11) is -8.29. The third-order valence-electron chi connectivity index (χ3n) is 4.55. The summed E-state index contributed by atoms with van der Waals surface area (Å²) in [5, 5.41) is 0. The minimum Gasteiger partial charge on any atom is -0.336 e. The van der Waals surface area contributed by atoms with E-state index in [1.54, 1.807) is 13.8 Å². The van der Waals surface area contributed by atoms with Crippen LogP contribution < -0.4 is 0 Å². The van der Waals surface area contributed by atoms with Crippen LogP contribution in [-0.2, 0) is 20.0 Å².